The van der Waals surface area contributed by atoms with Crippen LogP contribution in [0.4, 0.5) is 5.69 Å². The van der Waals surface area contributed by atoms with E-state index >= 15 is 0 Å². The first-order valence-electron chi connectivity index (χ1n) is 10.7. The number of benzene rings is 4. The lowest BCUT2D eigenvalue weighted by Gasteiger charge is -2.40. The summed E-state index contributed by atoms with van der Waals surface area (Å²) in [6, 6.07) is 24.9. The molecule has 1 aromatic heterocycles. The first-order chi connectivity index (χ1) is 16.9. The Morgan fingerprint density at radius 1 is 0.886 bits per heavy atom. The molecule has 0 saturated heterocycles. The van der Waals surface area contributed by atoms with E-state index < -0.39 is 6.64 Å². The van der Waals surface area contributed by atoms with E-state index in [0.29, 0.717) is 38.6 Å². The van der Waals surface area contributed by atoms with Crippen molar-refractivity contribution in [2.75, 3.05) is 4.67 Å². The highest BCUT2D eigenvalue weighted by Gasteiger charge is 2.39. The maximum Gasteiger partial charge on any atom is 0.395 e. The first-order valence-corrected chi connectivity index (χ1v) is 14.4. The van der Waals surface area contributed by atoms with Crippen molar-refractivity contribution in [1.82, 2.24) is 4.98 Å². The molecule has 0 N–H and O–H groups in total. The summed E-state index contributed by atoms with van der Waals surface area (Å²) >= 11 is 25.4. The van der Waals surface area contributed by atoms with E-state index in [-0.39, 0.29) is 0 Å². The van der Waals surface area contributed by atoms with Gasteiger partial charge in [-0.15, -0.1) is 0 Å². The smallest absolute Gasteiger partial charge is 0.395 e. The molecule has 1 atom stereocenters. The molecule has 0 bridgehead atoms. The standard InChI is InChI=1S/C26H16Cl3N2O2PS/c27-17-8-10-18(11-9-17)31-15-21-19-5-2-1-4-16(19)7-12-24(21)32-34(31,35)33-26-23(29)14-22(28)20-6-3-13-30-25(20)26/h1-14H,15H2. The van der Waals surface area contributed by atoms with Crippen molar-refractivity contribution < 1.29 is 9.05 Å². The van der Waals surface area contributed by atoms with Gasteiger partial charge in [-0.25, -0.2) is 0 Å². The number of aromatic nitrogens is 1. The lowest BCUT2D eigenvalue weighted by atomic mass is 10.0. The lowest BCUT2D eigenvalue weighted by molar-refractivity contribution is 0.467. The Kier molecular flexibility index (Phi) is 5.79. The summed E-state index contributed by atoms with van der Waals surface area (Å²) < 4.78 is 15.1. The number of hydrogen-bond donors (Lipinski definition) is 0. The highest BCUT2D eigenvalue weighted by atomic mass is 35.5. The van der Waals surface area contributed by atoms with Crippen molar-refractivity contribution in [3.05, 3.63) is 106 Å². The Hall–Kier alpha value is -2.53. The van der Waals surface area contributed by atoms with E-state index in [0.717, 1.165) is 27.4 Å². The summed E-state index contributed by atoms with van der Waals surface area (Å²) in [7, 11) is 0. The van der Waals surface area contributed by atoms with Crippen LogP contribution in [0.3, 0.4) is 0 Å². The fourth-order valence-electron chi connectivity index (χ4n) is 4.24. The SMILES string of the molecule is S=P1(Oc2c(Cl)cc(Cl)c3cccnc23)Oc2ccc3ccccc3c2CN1c1ccc(Cl)cc1. The second-order valence-corrected chi connectivity index (χ2v) is 12.4. The van der Waals surface area contributed by atoms with Crippen LogP contribution in [0.25, 0.3) is 21.7 Å². The Balaban J connectivity index is 1.54. The van der Waals surface area contributed by atoms with Gasteiger partial charge in [0.25, 0.3) is 0 Å². The van der Waals surface area contributed by atoms with Crippen LogP contribution in [-0.2, 0) is 18.4 Å². The number of rotatable bonds is 3. The molecule has 0 radical (unpaired) electrons. The number of hydrogen-bond acceptors (Lipinski definition) is 4. The van der Waals surface area contributed by atoms with Crippen LogP contribution >= 0.6 is 41.4 Å². The molecule has 2 heterocycles. The Morgan fingerprint density at radius 3 is 2.49 bits per heavy atom. The van der Waals surface area contributed by atoms with Crippen LogP contribution in [-0.4, -0.2) is 4.98 Å². The molecule has 174 valence electrons. The number of nitrogens with zero attached hydrogens (tertiary/aromatic N) is 2. The molecule has 0 spiro atoms. The van der Waals surface area contributed by atoms with Gasteiger partial charge in [0.15, 0.2) is 5.75 Å². The molecule has 1 aliphatic rings. The number of anilines is 1. The topological polar surface area (TPSA) is 34.6 Å². The molecule has 35 heavy (non-hydrogen) atoms. The van der Waals surface area contributed by atoms with Crippen LogP contribution in [0.1, 0.15) is 5.56 Å². The van der Waals surface area contributed by atoms with Crippen LogP contribution in [0.5, 0.6) is 11.5 Å². The molecule has 0 amide bonds. The molecular formula is C26H16Cl3N2O2PS. The summed E-state index contributed by atoms with van der Waals surface area (Å²) in [6.45, 7) is -2.69. The molecule has 0 aliphatic carbocycles. The zero-order valence-electron chi connectivity index (χ0n) is 18.0. The fourth-order valence-corrected chi connectivity index (χ4v) is 7.69. The largest absolute Gasteiger partial charge is 0.420 e. The van der Waals surface area contributed by atoms with Crippen molar-refractivity contribution in [2.45, 2.75) is 6.54 Å². The minimum absolute atomic E-state index is 0.314. The van der Waals surface area contributed by atoms with Gasteiger partial charge in [-0.05, 0) is 59.3 Å². The first kappa shape index (κ1) is 22.9. The second kappa shape index (κ2) is 8.85. The molecule has 0 saturated carbocycles. The average molecular weight is 558 g/mol. The molecule has 1 unspecified atom stereocenters. The summed E-state index contributed by atoms with van der Waals surface area (Å²) in [4.78, 5) is 4.48. The number of fused-ring (bicyclic) bond motifs is 4. The molecule has 6 rings (SSSR count). The Morgan fingerprint density at radius 2 is 1.66 bits per heavy atom. The van der Waals surface area contributed by atoms with Crippen molar-refractivity contribution in [2.24, 2.45) is 0 Å². The van der Waals surface area contributed by atoms with Gasteiger partial charge in [0.05, 0.1) is 16.6 Å². The van der Waals surface area contributed by atoms with Gasteiger partial charge in [-0.3, -0.25) is 9.65 Å². The average Bonchev–Trinajstić information content (AvgIpc) is 2.87. The normalized spacial score (nSPS) is 17.3. The van der Waals surface area contributed by atoms with Crippen LogP contribution in [0.15, 0.2) is 85.1 Å². The van der Waals surface area contributed by atoms with Crippen molar-refractivity contribution in [1.29, 1.82) is 0 Å². The minimum Gasteiger partial charge on any atom is -0.420 e. The lowest BCUT2D eigenvalue weighted by Crippen LogP contribution is -2.29. The van der Waals surface area contributed by atoms with Gasteiger partial charge in [0.1, 0.15) is 11.3 Å². The van der Waals surface area contributed by atoms with E-state index in [9.17, 15) is 0 Å². The quantitative estimate of drug-likeness (QED) is 0.207. The predicted octanol–water partition coefficient (Wildman–Crippen LogP) is 9.05. The summed E-state index contributed by atoms with van der Waals surface area (Å²) in [5.41, 5.74) is 2.39. The zero-order chi connectivity index (χ0) is 24.2. The van der Waals surface area contributed by atoms with Crippen molar-refractivity contribution >= 4 is 80.6 Å². The van der Waals surface area contributed by atoms with E-state index in [1.54, 1.807) is 12.3 Å². The van der Waals surface area contributed by atoms with Gasteiger partial charge in [0.2, 0.25) is 0 Å². The van der Waals surface area contributed by atoms with E-state index in [1.165, 1.54) is 0 Å². The second-order valence-electron chi connectivity index (χ2n) is 8.02. The molecule has 9 heteroatoms. The van der Waals surface area contributed by atoms with Gasteiger partial charge in [-0.2, -0.15) is 0 Å². The maximum atomic E-state index is 6.61. The number of pyridine rings is 1. The van der Waals surface area contributed by atoms with Crippen LogP contribution in [0.2, 0.25) is 15.1 Å². The van der Waals surface area contributed by atoms with E-state index in [4.69, 9.17) is 55.7 Å². The predicted molar refractivity (Wildman–Crippen MR) is 149 cm³/mol. The summed E-state index contributed by atoms with van der Waals surface area (Å²) in [5, 5.41) is 4.37. The van der Waals surface area contributed by atoms with Crippen molar-refractivity contribution in [3.63, 3.8) is 0 Å². The molecule has 1 aliphatic heterocycles. The number of halogens is 3. The maximum absolute atomic E-state index is 6.61. The monoisotopic (exact) mass is 556 g/mol. The van der Waals surface area contributed by atoms with Gasteiger partial charge in [-0.1, -0.05) is 65.1 Å². The Labute approximate surface area is 222 Å². The molecule has 4 nitrogen and oxygen atoms in total. The zero-order valence-corrected chi connectivity index (χ0v) is 22.0. The minimum atomic E-state index is -3.18. The van der Waals surface area contributed by atoms with Gasteiger partial charge >= 0.3 is 6.64 Å². The molecular weight excluding hydrogens is 542 g/mol. The Bertz CT molecular complexity index is 1660. The van der Waals surface area contributed by atoms with E-state index in [2.05, 4.69) is 17.1 Å². The third kappa shape index (κ3) is 4.02. The molecule has 4 aromatic carbocycles. The third-order valence-electron chi connectivity index (χ3n) is 5.90. The van der Waals surface area contributed by atoms with Gasteiger partial charge in [0, 0.05) is 39.7 Å². The highest BCUT2D eigenvalue weighted by Crippen LogP contribution is 2.60. The third-order valence-corrected chi connectivity index (χ3v) is 9.59. The van der Waals surface area contributed by atoms with Crippen molar-refractivity contribution in [3.8, 4) is 11.5 Å². The molecule has 5 aromatic rings. The highest BCUT2D eigenvalue weighted by molar-refractivity contribution is 8.11. The van der Waals surface area contributed by atoms with E-state index in [1.807, 2.05) is 65.3 Å². The van der Waals surface area contributed by atoms with Crippen LogP contribution < -0.4 is 13.7 Å². The molecule has 0 fully saturated rings. The van der Waals surface area contributed by atoms with Gasteiger partial charge < -0.3 is 9.05 Å². The summed E-state index contributed by atoms with van der Waals surface area (Å²) in [5.74, 6) is 1.04. The van der Waals surface area contributed by atoms with Crippen LogP contribution in [0, 0.1) is 0 Å². The fraction of sp³-hybridized carbons (Fsp3) is 0.0385. The summed E-state index contributed by atoms with van der Waals surface area (Å²) in [6.07, 6.45) is 1.66.